The van der Waals surface area contributed by atoms with E-state index in [0.29, 0.717) is 17.8 Å². The monoisotopic (exact) mass is 346 g/mol. The summed E-state index contributed by atoms with van der Waals surface area (Å²) in [4.78, 5) is 4.53. The Kier molecular flexibility index (Phi) is 4.22. The smallest absolute Gasteiger partial charge is 0.242 e. The minimum absolute atomic E-state index is 0.563. The van der Waals surface area contributed by atoms with Crippen molar-refractivity contribution in [3.8, 4) is 11.6 Å². The zero-order valence-corrected chi connectivity index (χ0v) is 13.2. The average molecular weight is 347 g/mol. The summed E-state index contributed by atoms with van der Waals surface area (Å²) in [7, 11) is 1.68. The van der Waals surface area contributed by atoms with E-state index in [4.69, 9.17) is 9.47 Å². The van der Waals surface area contributed by atoms with Crippen LogP contribution in [0.2, 0.25) is 0 Å². The van der Waals surface area contributed by atoms with Crippen LogP contribution in [-0.4, -0.2) is 16.5 Å². The van der Waals surface area contributed by atoms with Gasteiger partial charge in [-0.15, -0.1) is 0 Å². The van der Waals surface area contributed by atoms with Crippen molar-refractivity contribution in [3.05, 3.63) is 59.9 Å². The molecule has 0 atom stereocenters. The highest BCUT2D eigenvalue weighted by Crippen LogP contribution is 2.28. The minimum Gasteiger partial charge on any atom is -0.437 e. The van der Waals surface area contributed by atoms with Crippen molar-refractivity contribution in [1.29, 1.82) is 0 Å². The number of halogens is 1. The van der Waals surface area contributed by atoms with Crippen molar-refractivity contribution >= 4 is 21.6 Å². The summed E-state index contributed by atoms with van der Waals surface area (Å²) >= 11 is 3.50. The Balaban J connectivity index is 1.96. The van der Waals surface area contributed by atoms with Crippen LogP contribution in [-0.2, 0) is 16.7 Å². The molecule has 0 saturated heterocycles. The molecule has 2 aromatic heterocycles. The predicted molar refractivity (Wildman–Crippen MR) is 85.1 cm³/mol. The quantitative estimate of drug-likeness (QED) is 0.650. The molecule has 5 heteroatoms. The molecular formula is C16H15BrN2O2. The first-order chi connectivity index (χ1) is 10.3. The molecule has 1 aromatic carbocycles. The number of benzene rings is 1. The third kappa shape index (κ3) is 2.94. The van der Waals surface area contributed by atoms with E-state index in [1.54, 1.807) is 7.11 Å². The van der Waals surface area contributed by atoms with Crippen LogP contribution in [0.1, 0.15) is 11.3 Å². The second-order valence-corrected chi connectivity index (χ2v) is 5.17. The molecule has 0 spiro atoms. The lowest BCUT2D eigenvalue weighted by Crippen LogP contribution is -1.93. The van der Waals surface area contributed by atoms with Gasteiger partial charge in [0.05, 0.1) is 12.3 Å². The molecule has 0 aliphatic rings. The Morgan fingerprint density at radius 2 is 2.10 bits per heavy atom. The molecule has 21 heavy (non-hydrogen) atoms. The highest BCUT2D eigenvalue weighted by Gasteiger charge is 2.13. The van der Waals surface area contributed by atoms with Gasteiger partial charge in [-0.05, 0) is 29.8 Å². The number of aromatic nitrogens is 2. The number of imidazole rings is 1. The molecule has 3 aromatic rings. The fourth-order valence-electron chi connectivity index (χ4n) is 2.21. The van der Waals surface area contributed by atoms with E-state index in [1.807, 2.05) is 53.1 Å². The maximum atomic E-state index is 5.95. The van der Waals surface area contributed by atoms with Crippen LogP contribution in [0.5, 0.6) is 11.6 Å². The van der Waals surface area contributed by atoms with E-state index < -0.39 is 0 Å². The standard InChI is InChI=1S/C16H15BrN2O2/c1-20-11-12-5-4-6-13(9-12)21-16-14(10-17)19-8-3-2-7-15(19)18-16/h2-9H,10-11H2,1H3. The summed E-state index contributed by atoms with van der Waals surface area (Å²) in [5.74, 6) is 1.38. The van der Waals surface area contributed by atoms with Gasteiger partial charge in [0.25, 0.3) is 0 Å². The van der Waals surface area contributed by atoms with Crippen molar-refractivity contribution in [1.82, 2.24) is 9.38 Å². The first-order valence-corrected chi connectivity index (χ1v) is 7.71. The van der Waals surface area contributed by atoms with E-state index in [0.717, 1.165) is 22.7 Å². The topological polar surface area (TPSA) is 35.8 Å². The third-order valence-electron chi connectivity index (χ3n) is 3.14. The maximum Gasteiger partial charge on any atom is 0.242 e. The van der Waals surface area contributed by atoms with Crippen molar-refractivity contribution in [2.75, 3.05) is 7.11 Å². The van der Waals surface area contributed by atoms with Crippen LogP contribution in [0, 0.1) is 0 Å². The van der Waals surface area contributed by atoms with Gasteiger partial charge in [-0.3, -0.25) is 4.40 Å². The van der Waals surface area contributed by atoms with Crippen LogP contribution in [0.3, 0.4) is 0 Å². The van der Waals surface area contributed by atoms with Crippen molar-refractivity contribution in [3.63, 3.8) is 0 Å². The van der Waals surface area contributed by atoms with Crippen molar-refractivity contribution in [2.45, 2.75) is 11.9 Å². The normalized spacial score (nSPS) is 11.0. The van der Waals surface area contributed by atoms with E-state index in [9.17, 15) is 0 Å². The number of methoxy groups -OCH3 is 1. The number of hydrogen-bond donors (Lipinski definition) is 0. The van der Waals surface area contributed by atoms with Crippen LogP contribution in [0.15, 0.2) is 48.7 Å². The van der Waals surface area contributed by atoms with Gasteiger partial charge in [0, 0.05) is 18.6 Å². The summed E-state index contributed by atoms with van der Waals surface area (Å²) in [6.07, 6.45) is 1.98. The largest absolute Gasteiger partial charge is 0.437 e. The van der Waals surface area contributed by atoms with Gasteiger partial charge in [-0.2, -0.15) is 4.98 Å². The molecule has 0 radical (unpaired) electrons. The Hall–Kier alpha value is -1.85. The molecule has 0 fully saturated rings. The maximum absolute atomic E-state index is 5.95. The van der Waals surface area contributed by atoms with E-state index >= 15 is 0 Å². The summed E-state index contributed by atoms with van der Waals surface area (Å²) in [5.41, 5.74) is 2.93. The molecular weight excluding hydrogens is 332 g/mol. The number of rotatable bonds is 5. The lowest BCUT2D eigenvalue weighted by atomic mass is 10.2. The summed E-state index contributed by atoms with van der Waals surface area (Å²) in [5, 5.41) is 0.672. The lowest BCUT2D eigenvalue weighted by molar-refractivity contribution is 0.184. The molecule has 0 aliphatic carbocycles. The fraction of sp³-hybridized carbons (Fsp3) is 0.188. The van der Waals surface area contributed by atoms with Gasteiger partial charge < -0.3 is 9.47 Å². The molecule has 0 unspecified atom stereocenters. The van der Waals surface area contributed by atoms with Crippen LogP contribution >= 0.6 is 15.9 Å². The third-order valence-corrected chi connectivity index (χ3v) is 3.67. The van der Waals surface area contributed by atoms with Crippen LogP contribution in [0.4, 0.5) is 0 Å². The number of hydrogen-bond acceptors (Lipinski definition) is 3. The number of pyridine rings is 1. The molecule has 0 aliphatic heterocycles. The highest BCUT2D eigenvalue weighted by atomic mass is 79.9. The molecule has 0 saturated carbocycles. The lowest BCUT2D eigenvalue weighted by Gasteiger charge is -2.06. The van der Waals surface area contributed by atoms with Crippen molar-refractivity contribution in [2.24, 2.45) is 0 Å². The second-order valence-electron chi connectivity index (χ2n) is 4.61. The molecule has 0 N–H and O–H groups in total. The zero-order valence-electron chi connectivity index (χ0n) is 11.6. The average Bonchev–Trinajstić information content (AvgIpc) is 2.85. The van der Waals surface area contributed by atoms with E-state index in [2.05, 4.69) is 20.9 Å². The summed E-state index contributed by atoms with van der Waals surface area (Å²) in [6, 6.07) is 13.7. The SMILES string of the molecule is COCc1cccc(Oc2nc3ccccn3c2CBr)c1. The number of fused-ring (bicyclic) bond motifs is 1. The minimum atomic E-state index is 0.563. The fourth-order valence-corrected chi connectivity index (χ4v) is 2.72. The molecule has 0 amide bonds. The van der Waals surface area contributed by atoms with E-state index in [-0.39, 0.29) is 0 Å². The van der Waals surface area contributed by atoms with E-state index in [1.165, 1.54) is 0 Å². The zero-order chi connectivity index (χ0) is 14.7. The highest BCUT2D eigenvalue weighted by molar-refractivity contribution is 9.08. The van der Waals surface area contributed by atoms with Gasteiger partial charge in [-0.1, -0.05) is 34.1 Å². The Morgan fingerprint density at radius 1 is 1.19 bits per heavy atom. The van der Waals surface area contributed by atoms with Gasteiger partial charge in [0.1, 0.15) is 11.4 Å². The molecule has 108 valence electrons. The second kappa shape index (κ2) is 6.28. The van der Waals surface area contributed by atoms with Gasteiger partial charge in [0.2, 0.25) is 5.88 Å². The molecule has 2 heterocycles. The Labute approximate surface area is 131 Å². The molecule has 3 rings (SSSR count). The Bertz CT molecular complexity index is 755. The first-order valence-electron chi connectivity index (χ1n) is 6.59. The van der Waals surface area contributed by atoms with Gasteiger partial charge in [-0.25, -0.2) is 0 Å². The van der Waals surface area contributed by atoms with Gasteiger partial charge in [0.15, 0.2) is 0 Å². The number of ether oxygens (including phenoxy) is 2. The number of nitrogens with zero attached hydrogens (tertiary/aromatic N) is 2. The van der Waals surface area contributed by atoms with Crippen LogP contribution < -0.4 is 4.74 Å². The molecule has 4 nitrogen and oxygen atoms in total. The summed E-state index contributed by atoms with van der Waals surface area (Å²) in [6.45, 7) is 0.563. The van der Waals surface area contributed by atoms with Crippen LogP contribution in [0.25, 0.3) is 5.65 Å². The molecule has 0 bridgehead atoms. The van der Waals surface area contributed by atoms with Crippen molar-refractivity contribution < 1.29 is 9.47 Å². The van der Waals surface area contributed by atoms with Gasteiger partial charge >= 0.3 is 0 Å². The Morgan fingerprint density at radius 3 is 2.90 bits per heavy atom. The predicted octanol–water partition coefficient (Wildman–Crippen LogP) is 4.17. The number of alkyl halides is 1. The first kappa shape index (κ1) is 14.1. The summed E-state index contributed by atoms with van der Waals surface area (Å²) < 4.78 is 13.1.